The molecular weight excluding hydrogens is 172 g/mol. The van der Waals surface area contributed by atoms with Crippen LogP contribution in [0.25, 0.3) is 0 Å². The van der Waals surface area contributed by atoms with Crippen LogP contribution in [0.1, 0.15) is 61.8 Å². The number of ether oxygens (including phenoxy) is 1. The van der Waals surface area contributed by atoms with Crippen LogP contribution in [0, 0.1) is 10.8 Å². The van der Waals surface area contributed by atoms with Crippen LogP contribution in [0.4, 0.5) is 0 Å². The molecule has 0 saturated heterocycles. The van der Waals surface area contributed by atoms with E-state index in [0.29, 0.717) is 0 Å². The van der Waals surface area contributed by atoms with Crippen LogP contribution in [-0.2, 0) is 4.74 Å². The van der Waals surface area contributed by atoms with Gasteiger partial charge >= 0.3 is 0 Å². The highest BCUT2D eigenvalue weighted by molar-refractivity contribution is 4.87. The molecule has 1 heteroatoms. The van der Waals surface area contributed by atoms with Crippen molar-refractivity contribution in [3.05, 3.63) is 0 Å². The topological polar surface area (TPSA) is 9.23 Å². The molecule has 0 aliphatic heterocycles. The summed E-state index contributed by atoms with van der Waals surface area (Å²) in [5, 5.41) is 0. The van der Waals surface area contributed by atoms with Gasteiger partial charge in [0, 0.05) is 0 Å². The Morgan fingerprint density at radius 2 is 1.29 bits per heavy atom. The van der Waals surface area contributed by atoms with Crippen LogP contribution >= 0.6 is 0 Å². The Labute approximate surface area is 90.2 Å². The predicted molar refractivity (Wildman–Crippen MR) is 63.6 cm³/mol. The van der Waals surface area contributed by atoms with Gasteiger partial charge in [-0.05, 0) is 31.1 Å². The van der Waals surface area contributed by atoms with Gasteiger partial charge in [-0.2, -0.15) is 0 Å². The summed E-state index contributed by atoms with van der Waals surface area (Å²) >= 11 is 0. The van der Waals surface area contributed by atoms with E-state index in [-0.39, 0.29) is 16.4 Å². The summed E-state index contributed by atoms with van der Waals surface area (Å²) in [4.78, 5) is 0. The van der Waals surface area contributed by atoms with Crippen LogP contribution in [0.3, 0.4) is 0 Å². The van der Waals surface area contributed by atoms with Crippen molar-refractivity contribution in [3.63, 3.8) is 0 Å². The SMILES string of the molecule is CCC(C)(C)C(C)(C)OCC(C)(C)C. The van der Waals surface area contributed by atoms with Gasteiger partial charge in [-0.3, -0.25) is 0 Å². The molecule has 0 atom stereocenters. The molecule has 0 spiro atoms. The standard InChI is InChI=1S/C13H28O/c1-9-12(5,6)13(7,8)14-10-11(2,3)4/h9-10H2,1-8H3. The van der Waals surface area contributed by atoms with Crippen molar-refractivity contribution < 1.29 is 4.74 Å². The average molecular weight is 200 g/mol. The minimum atomic E-state index is -0.0466. The molecule has 0 unspecified atom stereocenters. The van der Waals surface area contributed by atoms with Gasteiger partial charge < -0.3 is 4.74 Å². The molecule has 1 nitrogen and oxygen atoms in total. The first-order chi connectivity index (χ1) is 6.02. The van der Waals surface area contributed by atoms with Gasteiger partial charge in [0.15, 0.2) is 0 Å². The van der Waals surface area contributed by atoms with Crippen molar-refractivity contribution in [2.24, 2.45) is 10.8 Å². The lowest BCUT2D eigenvalue weighted by Gasteiger charge is -2.42. The fourth-order valence-corrected chi connectivity index (χ4v) is 1.02. The fourth-order valence-electron chi connectivity index (χ4n) is 1.02. The molecule has 86 valence electrons. The second-order valence-electron chi connectivity index (χ2n) is 6.60. The molecule has 0 fully saturated rings. The first-order valence-corrected chi connectivity index (χ1v) is 5.66. The highest BCUT2D eigenvalue weighted by atomic mass is 16.5. The molecule has 0 bridgehead atoms. The number of hydrogen-bond donors (Lipinski definition) is 0. The third kappa shape index (κ3) is 4.00. The van der Waals surface area contributed by atoms with E-state index in [2.05, 4.69) is 55.4 Å². The molecule has 0 saturated carbocycles. The van der Waals surface area contributed by atoms with E-state index >= 15 is 0 Å². The Morgan fingerprint density at radius 3 is 1.57 bits per heavy atom. The summed E-state index contributed by atoms with van der Waals surface area (Å²) < 4.78 is 6.05. The van der Waals surface area contributed by atoms with Gasteiger partial charge in [0.1, 0.15) is 0 Å². The van der Waals surface area contributed by atoms with Crippen LogP contribution < -0.4 is 0 Å². The van der Waals surface area contributed by atoms with Crippen molar-refractivity contribution in [3.8, 4) is 0 Å². The highest BCUT2D eigenvalue weighted by Crippen LogP contribution is 2.37. The maximum Gasteiger partial charge on any atom is 0.0677 e. The molecule has 0 aliphatic carbocycles. The predicted octanol–water partition coefficient (Wildman–Crippen LogP) is 4.26. The lowest BCUT2D eigenvalue weighted by molar-refractivity contribution is -0.119. The summed E-state index contributed by atoms with van der Waals surface area (Å²) in [6.45, 7) is 18.6. The second-order valence-corrected chi connectivity index (χ2v) is 6.60. The Morgan fingerprint density at radius 1 is 0.857 bits per heavy atom. The van der Waals surface area contributed by atoms with Crippen molar-refractivity contribution in [2.45, 2.75) is 67.4 Å². The third-order valence-corrected chi connectivity index (χ3v) is 3.38. The summed E-state index contributed by atoms with van der Waals surface area (Å²) in [6.07, 6.45) is 1.14. The highest BCUT2D eigenvalue weighted by Gasteiger charge is 2.37. The van der Waals surface area contributed by atoms with Crippen molar-refractivity contribution in [2.75, 3.05) is 6.61 Å². The van der Waals surface area contributed by atoms with E-state index in [1.54, 1.807) is 0 Å². The first-order valence-electron chi connectivity index (χ1n) is 5.66. The fraction of sp³-hybridized carbons (Fsp3) is 1.00. The molecule has 0 aromatic heterocycles. The summed E-state index contributed by atoms with van der Waals surface area (Å²) in [5.41, 5.74) is 0.439. The molecule has 0 radical (unpaired) electrons. The Balaban J connectivity index is 4.35. The Kier molecular flexibility index (Phi) is 4.21. The van der Waals surface area contributed by atoms with Crippen LogP contribution in [0.5, 0.6) is 0 Å². The maximum atomic E-state index is 6.05. The van der Waals surface area contributed by atoms with Crippen molar-refractivity contribution in [1.29, 1.82) is 0 Å². The van der Waals surface area contributed by atoms with E-state index < -0.39 is 0 Å². The molecular formula is C13H28O. The zero-order valence-electron chi connectivity index (χ0n) is 11.3. The second kappa shape index (κ2) is 4.22. The van der Waals surface area contributed by atoms with Gasteiger partial charge in [-0.15, -0.1) is 0 Å². The number of rotatable bonds is 4. The van der Waals surface area contributed by atoms with E-state index in [1.807, 2.05) is 0 Å². The zero-order chi connectivity index (χ0) is 11.6. The quantitative estimate of drug-likeness (QED) is 0.658. The largest absolute Gasteiger partial charge is 0.374 e. The molecule has 0 aromatic carbocycles. The van der Waals surface area contributed by atoms with E-state index in [1.165, 1.54) is 0 Å². The van der Waals surface area contributed by atoms with Gasteiger partial charge in [-0.25, -0.2) is 0 Å². The average Bonchev–Trinajstić information content (AvgIpc) is 1.99. The van der Waals surface area contributed by atoms with Crippen LogP contribution in [0.2, 0.25) is 0 Å². The molecule has 0 aliphatic rings. The van der Waals surface area contributed by atoms with Crippen molar-refractivity contribution >= 4 is 0 Å². The van der Waals surface area contributed by atoms with Gasteiger partial charge in [0.05, 0.1) is 12.2 Å². The summed E-state index contributed by atoms with van der Waals surface area (Å²) in [5.74, 6) is 0. The Bertz CT molecular complexity index is 172. The summed E-state index contributed by atoms with van der Waals surface area (Å²) in [6, 6.07) is 0. The molecule has 0 rings (SSSR count). The monoisotopic (exact) mass is 200 g/mol. The lowest BCUT2D eigenvalue weighted by atomic mass is 9.75. The minimum absolute atomic E-state index is 0.0466. The lowest BCUT2D eigenvalue weighted by Crippen LogP contribution is -2.43. The molecule has 0 N–H and O–H groups in total. The maximum absolute atomic E-state index is 6.05. The summed E-state index contributed by atoms with van der Waals surface area (Å²) in [7, 11) is 0. The molecule has 14 heavy (non-hydrogen) atoms. The first kappa shape index (κ1) is 14.0. The third-order valence-electron chi connectivity index (χ3n) is 3.38. The minimum Gasteiger partial charge on any atom is -0.374 e. The van der Waals surface area contributed by atoms with Crippen LogP contribution in [0.15, 0.2) is 0 Å². The van der Waals surface area contributed by atoms with E-state index in [9.17, 15) is 0 Å². The van der Waals surface area contributed by atoms with Crippen LogP contribution in [-0.4, -0.2) is 12.2 Å². The smallest absolute Gasteiger partial charge is 0.0677 e. The van der Waals surface area contributed by atoms with Gasteiger partial charge in [0.25, 0.3) is 0 Å². The molecule has 0 heterocycles. The van der Waals surface area contributed by atoms with Crippen molar-refractivity contribution in [1.82, 2.24) is 0 Å². The Hall–Kier alpha value is -0.0400. The van der Waals surface area contributed by atoms with Gasteiger partial charge in [-0.1, -0.05) is 41.5 Å². The normalized spacial score (nSPS) is 14.6. The molecule has 0 amide bonds. The molecule has 0 aromatic rings. The number of hydrogen-bond acceptors (Lipinski definition) is 1. The van der Waals surface area contributed by atoms with E-state index in [0.717, 1.165) is 13.0 Å². The zero-order valence-corrected chi connectivity index (χ0v) is 11.3. The van der Waals surface area contributed by atoms with Gasteiger partial charge in [0.2, 0.25) is 0 Å². The van der Waals surface area contributed by atoms with E-state index in [4.69, 9.17) is 4.74 Å².